The van der Waals surface area contributed by atoms with E-state index in [-0.39, 0.29) is 0 Å². The summed E-state index contributed by atoms with van der Waals surface area (Å²) in [5, 5.41) is 6.62. The summed E-state index contributed by atoms with van der Waals surface area (Å²) in [6.45, 7) is 0.705. The molecule has 4 aromatic rings. The third-order valence-electron chi connectivity index (χ3n) is 3.51. The summed E-state index contributed by atoms with van der Waals surface area (Å²) in [6, 6.07) is 12.4. The Bertz CT molecular complexity index is 882. The molecule has 0 fully saturated rings. The van der Waals surface area contributed by atoms with Crippen LogP contribution in [-0.2, 0) is 6.54 Å². The Morgan fingerprint density at radius 1 is 1.18 bits per heavy atom. The Kier molecular flexibility index (Phi) is 3.33. The highest BCUT2D eigenvalue weighted by Gasteiger charge is 2.09. The topological polar surface area (TPSA) is 53.6 Å². The van der Waals surface area contributed by atoms with Gasteiger partial charge in [0, 0.05) is 41.0 Å². The molecule has 0 amide bonds. The second-order valence-corrected chi connectivity index (χ2v) is 5.93. The van der Waals surface area contributed by atoms with Crippen molar-refractivity contribution in [3.8, 4) is 10.4 Å². The Labute approximate surface area is 131 Å². The van der Waals surface area contributed by atoms with Gasteiger partial charge in [0.1, 0.15) is 11.5 Å². The number of hydrogen-bond acceptors (Lipinski definition) is 4. The Balaban J connectivity index is 1.69. The molecule has 108 valence electrons. The van der Waals surface area contributed by atoms with Gasteiger partial charge in [-0.1, -0.05) is 12.1 Å². The average molecular weight is 306 g/mol. The Morgan fingerprint density at radius 3 is 3.00 bits per heavy atom. The second-order valence-electron chi connectivity index (χ2n) is 4.99. The van der Waals surface area contributed by atoms with E-state index in [4.69, 9.17) is 0 Å². The van der Waals surface area contributed by atoms with Gasteiger partial charge in [-0.05, 0) is 35.2 Å². The van der Waals surface area contributed by atoms with E-state index in [1.54, 1.807) is 17.5 Å². The van der Waals surface area contributed by atoms with Crippen molar-refractivity contribution in [2.75, 3.05) is 5.32 Å². The molecule has 0 saturated carbocycles. The zero-order valence-corrected chi connectivity index (χ0v) is 12.6. The molecule has 4 aromatic heterocycles. The van der Waals surface area contributed by atoms with E-state index in [2.05, 4.69) is 49.9 Å². The summed E-state index contributed by atoms with van der Waals surface area (Å²) in [5.74, 6) is 0.863. The fraction of sp³-hybridized carbons (Fsp3) is 0.0588. The largest absolute Gasteiger partial charge is 0.366 e. The molecule has 22 heavy (non-hydrogen) atoms. The average Bonchev–Trinajstić information content (AvgIpc) is 3.24. The van der Waals surface area contributed by atoms with Gasteiger partial charge in [-0.25, -0.2) is 4.98 Å². The number of thiophene rings is 1. The van der Waals surface area contributed by atoms with Gasteiger partial charge in [-0.15, -0.1) is 11.3 Å². The Morgan fingerprint density at radius 2 is 2.18 bits per heavy atom. The number of rotatable bonds is 4. The van der Waals surface area contributed by atoms with Crippen LogP contribution < -0.4 is 5.32 Å². The lowest BCUT2D eigenvalue weighted by Gasteiger charge is -2.08. The predicted molar refractivity (Wildman–Crippen MR) is 91.0 cm³/mol. The molecule has 4 rings (SSSR count). The maximum absolute atomic E-state index is 4.64. The zero-order valence-electron chi connectivity index (χ0n) is 11.8. The molecule has 0 unspecified atom stereocenters. The van der Waals surface area contributed by atoms with E-state index in [1.165, 1.54) is 10.4 Å². The molecule has 0 aliphatic carbocycles. The number of pyridine rings is 2. The normalized spacial score (nSPS) is 10.9. The molecule has 2 N–H and O–H groups in total. The molecule has 0 atom stereocenters. The van der Waals surface area contributed by atoms with Gasteiger partial charge >= 0.3 is 0 Å². The number of aromatic nitrogens is 3. The summed E-state index contributed by atoms with van der Waals surface area (Å²) >= 11 is 1.74. The lowest BCUT2D eigenvalue weighted by atomic mass is 10.1. The number of hydrogen-bond donors (Lipinski definition) is 2. The lowest BCUT2D eigenvalue weighted by molar-refractivity contribution is 1.09. The van der Waals surface area contributed by atoms with Crippen molar-refractivity contribution < 1.29 is 0 Å². The summed E-state index contributed by atoms with van der Waals surface area (Å²) in [7, 11) is 0. The molecule has 0 radical (unpaired) electrons. The highest BCUT2D eigenvalue weighted by molar-refractivity contribution is 7.13. The number of fused-ring (bicyclic) bond motifs is 1. The van der Waals surface area contributed by atoms with E-state index < -0.39 is 0 Å². The SMILES string of the molecule is c1cncc(CNc2cc(-c3cccs3)c3cc[nH]c3n2)c1. The summed E-state index contributed by atoms with van der Waals surface area (Å²) < 4.78 is 0. The molecule has 0 aromatic carbocycles. The van der Waals surface area contributed by atoms with Crippen molar-refractivity contribution in [1.29, 1.82) is 0 Å². The molecular formula is C17H14N4S. The van der Waals surface area contributed by atoms with Crippen LogP contribution in [0.4, 0.5) is 5.82 Å². The first kappa shape index (κ1) is 13.0. The minimum Gasteiger partial charge on any atom is -0.366 e. The number of nitrogens with one attached hydrogen (secondary N) is 2. The molecule has 0 spiro atoms. The van der Waals surface area contributed by atoms with Crippen molar-refractivity contribution in [2.45, 2.75) is 6.54 Å². The van der Waals surface area contributed by atoms with Crippen LogP contribution in [0.15, 0.2) is 60.4 Å². The van der Waals surface area contributed by atoms with Crippen LogP contribution in [-0.4, -0.2) is 15.0 Å². The Hall–Kier alpha value is -2.66. The van der Waals surface area contributed by atoms with Gasteiger partial charge in [-0.2, -0.15) is 0 Å². The molecule has 4 heterocycles. The fourth-order valence-electron chi connectivity index (χ4n) is 2.46. The highest BCUT2D eigenvalue weighted by Crippen LogP contribution is 2.32. The third-order valence-corrected chi connectivity index (χ3v) is 4.41. The van der Waals surface area contributed by atoms with Crippen LogP contribution in [0.5, 0.6) is 0 Å². The van der Waals surface area contributed by atoms with E-state index in [9.17, 15) is 0 Å². The van der Waals surface area contributed by atoms with Crippen molar-refractivity contribution in [1.82, 2.24) is 15.0 Å². The van der Waals surface area contributed by atoms with Crippen LogP contribution in [0.3, 0.4) is 0 Å². The van der Waals surface area contributed by atoms with Gasteiger partial charge in [0.25, 0.3) is 0 Å². The van der Waals surface area contributed by atoms with Gasteiger partial charge < -0.3 is 10.3 Å². The van der Waals surface area contributed by atoms with E-state index in [0.717, 1.165) is 22.4 Å². The summed E-state index contributed by atoms with van der Waals surface area (Å²) in [6.07, 6.45) is 5.57. The zero-order chi connectivity index (χ0) is 14.8. The fourth-order valence-corrected chi connectivity index (χ4v) is 3.22. The number of aromatic amines is 1. The van der Waals surface area contributed by atoms with Crippen molar-refractivity contribution >= 4 is 28.2 Å². The second kappa shape index (κ2) is 5.61. The minimum atomic E-state index is 0.705. The molecule has 0 aliphatic heterocycles. The summed E-state index contributed by atoms with van der Waals surface area (Å²) in [5.41, 5.74) is 3.24. The van der Waals surface area contributed by atoms with Crippen molar-refractivity contribution in [3.63, 3.8) is 0 Å². The van der Waals surface area contributed by atoms with Gasteiger partial charge in [0.15, 0.2) is 0 Å². The minimum absolute atomic E-state index is 0.705. The van der Waals surface area contributed by atoms with Gasteiger partial charge in [0.05, 0.1) is 0 Å². The standard InChI is InChI=1S/C17H14N4S/c1-3-12(10-18-6-1)11-20-16-9-14(15-4-2-8-22-15)13-5-7-19-17(13)21-16/h1-10H,11H2,(H2,19,20,21). The van der Waals surface area contributed by atoms with E-state index >= 15 is 0 Å². The quantitative estimate of drug-likeness (QED) is 0.591. The molecule has 0 aliphatic rings. The number of nitrogens with zero attached hydrogens (tertiary/aromatic N) is 2. The van der Waals surface area contributed by atoms with Gasteiger partial charge in [0.2, 0.25) is 0 Å². The summed E-state index contributed by atoms with van der Waals surface area (Å²) in [4.78, 5) is 13.2. The first-order valence-corrected chi connectivity index (χ1v) is 7.93. The van der Waals surface area contributed by atoms with Crippen LogP contribution in [0.25, 0.3) is 21.5 Å². The number of anilines is 1. The van der Waals surface area contributed by atoms with Crippen LogP contribution in [0.1, 0.15) is 5.56 Å². The van der Waals surface area contributed by atoms with Crippen LogP contribution >= 0.6 is 11.3 Å². The first-order valence-electron chi connectivity index (χ1n) is 7.05. The molecular weight excluding hydrogens is 292 g/mol. The van der Waals surface area contributed by atoms with E-state index in [0.29, 0.717) is 6.54 Å². The first-order chi connectivity index (χ1) is 10.9. The maximum atomic E-state index is 4.64. The maximum Gasteiger partial charge on any atom is 0.140 e. The monoisotopic (exact) mass is 306 g/mol. The number of H-pyrrole nitrogens is 1. The molecule has 4 nitrogen and oxygen atoms in total. The lowest BCUT2D eigenvalue weighted by Crippen LogP contribution is -2.02. The third kappa shape index (κ3) is 2.46. The molecule has 0 saturated heterocycles. The van der Waals surface area contributed by atoms with Crippen molar-refractivity contribution in [3.05, 3.63) is 65.9 Å². The predicted octanol–water partition coefficient (Wildman–Crippen LogP) is 4.30. The molecule has 0 bridgehead atoms. The molecule has 5 heteroatoms. The smallest absolute Gasteiger partial charge is 0.140 e. The van der Waals surface area contributed by atoms with Crippen LogP contribution in [0.2, 0.25) is 0 Å². The van der Waals surface area contributed by atoms with Crippen LogP contribution in [0, 0.1) is 0 Å². The van der Waals surface area contributed by atoms with Gasteiger partial charge in [-0.3, -0.25) is 4.98 Å². The van der Waals surface area contributed by atoms with Crippen molar-refractivity contribution in [2.24, 2.45) is 0 Å². The van der Waals surface area contributed by atoms with E-state index in [1.807, 2.05) is 24.5 Å². The highest BCUT2D eigenvalue weighted by atomic mass is 32.1.